The summed E-state index contributed by atoms with van der Waals surface area (Å²) in [4.78, 5) is 32.9. The quantitative estimate of drug-likeness (QED) is 0.502. The minimum atomic E-state index is -0.298. The van der Waals surface area contributed by atoms with Crippen molar-refractivity contribution in [3.63, 3.8) is 0 Å². The smallest absolute Gasteiger partial charge is 0.262 e. The molecule has 0 aromatic carbocycles. The molecular weight excluding hydrogens is 396 g/mol. The van der Waals surface area contributed by atoms with Gasteiger partial charge in [0, 0.05) is 6.20 Å². The molecule has 0 aliphatic rings. The van der Waals surface area contributed by atoms with Crippen molar-refractivity contribution in [3.05, 3.63) is 57.3 Å². The molecule has 1 atom stereocenters. The van der Waals surface area contributed by atoms with Crippen LogP contribution in [0.5, 0.6) is 0 Å². The monoisotopic (exact) mass is 414 g/mol. The van der Waals surface area contributed by atoms with E-state index in [1.54, 1.807) is 18.7 Å². The van der Waals surface area contributed by atoms with E-state index in [1.807, 2.05) is 35.1 Å². The van der Waals surface area contributed by atoms with Crippen molar-refractivity contribution in [1.29, 1.82) is 0 Å². The van der Waals surface area contributed by atoms with Crippen LogP contribution in [-0.2, 0) is 0 Å². The highest BCUT2D eigenvalue weighted by Gasteiger charge is 2.24. The van der Waals surface area contributed by atoms with Gasteiger partial charge in [-0.25, -0.2) is 4.98 Å². The summed E-state index contributed by atoms with van der Waals surface area (Å²) in [5.41, 5.74) is 1.14. The van der Waals surface area contributed by atoms with Crippen LogP contribution in [0.15, 0.2) is 35.5 Å². The van der Waals surface area contributed by atoms with Crippen LogP contribution in [0.1, 0.15) is 33.5 Å². The minimum Gasteiger partial charge on any atom is -0.341 e. The molecule has 8 nitrogen and oxygen atoms in total. The number of aromatic nitrogens is 5. The van der Waals surface area contributed by atoms with Gasteiger partial charge < -0.3 is 10.3 Å². The van der Waals surface area contributed by atoms with Crippen LogP contribution in [0.4, 0.5) is 0 Å². The van der Waals surface area contributed by atoms with E-state index in [0.29, 0.717) is 32.9 Å². The molecule has 1 unspecified atom stereocenters. The first-order valence-electron chi connectivity index (χ1n) is 8.66. The Kier molecular flexibility index (Phi) is 5.14. The van der Waals surface area contributed by atoms with Crippen molar-refractivity contribution in [2.45, 2.75) is 19.4 Å². The molecule has 1 amide bonds. The van der Waals surface area contributed by atoms with Crippen LogP contribution < -0.4 is 10.9 Å². The van der Waals surface area contributed by atoms with Gasteiger partial charge in [-0.05, 0) is 43.0 Å². The average molecular weight is 415 g/mol. The number of fused-ring (bicyclic) bond motifs is 2. The fraction of sp³-hybridized carbons (Fsp3) is 0.278. The minimum absolute atomic E-state index is 0.236. The van der Waals surface area contributed by atoms with Gasteiger partial charge in [0.15, 0.2) is 11.5 Å². The Labute approximate surface area is 168 Å². The molecule has 2 N–H and O–H groups in total. The summed E-state index contributed by atoms with van der Waals surface area (Å²) in [5, 5.41) is 12.0. The number of hydrogen-bond donors (Lipinski definition) is 2. The van der Waals surface area contributed by atoms with Crippen LogP contribution in [0.25, 0.3) is 15.9 Å². The highest BCUT2D eigenvalue weighted by atomic mass is 32.2. The zero-order valence-electron chi connectivity index (χ0n) is 15.3. The summed E-state index contributed by atoms with van der Waals surface area (Å²) in [7, 11) is 0. The Morgan fingerprint density at radius 3 is 3.04 bits per heavy atom. The summed E-state index contributed by atoms with van der Waals surface area (Å²) < 4.78 is 1.88. The normalized spacial score (nSPS) is 12.5. The molecule has 0 saturated carbocycles. The standard InChI is InChI=1S/C18H18N6O2S2/c1-10-13-16(25)19-9-20-18(13)28-14(10)17(26)21-11(6-8-27-2)15-23-22-12-5-3-4-7-24(12)15/h3-5,7,9,11H,6,8H2,1-2H3,(H,21,26)(H,19,20,25). The largest absolute Gasteiger partial charge is 0.341 e. The first kappa shape index (κ1) is 18.6. The van der Waals surface area contributed by atoms with E-state index in [2.05, 4.69) is 25.5 Å². The summed E-state index contributed by atoms with van der Waals surface area (Å²) in [6, 6.07) is 5.38. The lowest BCUT2D eigenvalue weighted by molar-refractivity contribution is 0.0937. The molecule has 0 radical (unpaired) electrons. The molecule has 28 heavy (non-hydrogen) atoms. The second-order valence-corrected chi connectivity index (χ2v) is 8.25. The molecule has 4 aromatic heterocycles. The number of thioether (sulfide) groups is 1. The Morgan fingerprint density at radius 2 is 2.25 bits per heavy atom. The number of thiophene rings is 1. The third-order valence-corrected chi connectivity index (χ3v) is 6.35. The average Bonchev–Trinajstić information content (AvgIpc) is 3.27. The highest BCUT2D eigenvalue weighted by Crippen LogP contribution is 2.27. The molecule has 10 heteroatoms. The molecule has 4 rings (SSSR count). The van der Waals surface area contributed by atoms with E-state index in [4.69, 9.17) is 0 Å². The van der Waals surface area contributed by atoms with Crippen molar-refractivity contribution >= 4 is 44.9 Å². The fourth-order valence-electron chi connectivity index (χ4n) is 3.12. The predicted molar refractivity (Wildman–Crippen MR) is 111 cm³/mol. The Balaban J connectivity index is 1.69. The van der Waals surface area contributed by atoms with Gasteiger partial charge in [-0.3, -0.25) is 14.0 Å². The third kappa shape index (κ3) is 3.29. The maximum atomic E-state index is 13.0. The van der Waals surface area contributed by atoms with Crippen LogP contribution in [-0.4, -0.2) is 42.5 Å². The molecule has 0 spiro atoms. The molecule has 4 aromatic rings. The maximum Gasteiger partial charge on any atom is 0.262 e. The van der Waals surface area contributed by atoms with E-state index in [9.17, 15) is 9.59 Å². The summed E-state index contributed by atoms with van der Waals surface area (Å²) >= 11 is 2.92. The van der Waals surface area contributed by atoms with E-state index in [0.717, 1.165) is 11.4 Å². The second kappa shape index (κ2) is 7.72. The van der Waals surface area contributed by atoms with Crippen LogP contribution in [0, 0.1) is 6.92 Å². The fourth-order valence-corrected chi connectivity index (χ4v) is 4.64. The molecule has 0 aliphatic heterocycles. The zero-order chi connectivity index (χ0) is 19.7. The molecule has 4 heterocycles. The lowest BCUT2D eigenvalue weighted by atomic mass is 10.1. The number of carbonyl (C=O) groups is 1. The van der Waals surface area contributed by atoms with Gasteiger partial charge in [0.25, 0.3) is 11.5 Å². The van der Waals surface area contributed by atoms with Gasteiger partial charge in [-0.1, -0.05) is 6.07 Å². The zero-order valence-corrected chi connectivity index (χ0v) is 16.9. The van der Waals surface area contributed by atoms with Crippen LogP contribution in [0.2, 0.25) is 0 Å². The molecular formula is C18H18N6O2S2. The van der Waals surface area contributed by atoms with Crippen LogP contribution >= 0.6 is 23.1 Å². The van der Waals surface area contributed by atoms with Gasteiger partial charge in [0.05, 0.1) is 22.6 Å². The number of aryl methyl sites for hydroxylation is 1. The van der Waals surface area contributed by atoms with Crippen molar-refractivity contribution in [2.75, 3.05) is 12.0 Å². The first-order valence-corrected chi connectivity index (χ1v) is 10.9. The summed E-state index contributed by atoms with van der Waals surface area (Å²) in [6.07, 6.45) is 5.98. The number of carbonyl (C=O) groups excluding carboxylic acids is 1. The van der Waals surface area contributed by atoms with Gasteiger partial charge in [0.1, 0.15) is 4.83 Å². The number of pyridine rings is 1. The van der Waals surface area contributed by atoms with Gasteiger partial charge in [-0.15, -0.1) is 21.5 Å². The predicted octanol–water partition coefficient (Wildman–Crippen LogP) is 2.56. The molecule has 0 aliphatic carbocycles. The Bertz CT molecular complexity index is 1210. The number of H-pyrrole nitrogens is 1. The number of rotatable bonds is 6. The SMILES string of the molecule is CSCCC(NC(=O)c1sc2nc[nH]c(=O)c2c1C)c1nnc2ccccn12. The number of aromatic amines is 1. The second-order valence-electron chi connectivity index (χ2n) is 6.26. The van der Waals surface area contributed by atoms with E-state index < -0.39 is 0 Å². The summed E-state index contributed by atoms with van der Waals surface area (Å²) in [5.74, 6) is 1.31. The van der Waals surface area contributed by atoms with E-state index >= 15 is 0 Å². The number of nitrogens with zero attached hydrogens (tertiary/aromatic N) is 4. The third-order valence-electron chi connectivity index (χ3n) is 4.51. The number of nitrogens with one attached hydrogen (secondary N) is 2. The van der Waals surface area contributed by atoms with Crippen LogP contribution in [0.3, 0.4) is 0 Å². The highest BCUT2D eigenvalue weighted by molar-refractivity contribution is 7.98. The molecule has 144 valence electrons. The lowest BCUT2D eigenvalue weighted by Gasteiger charge is -2.16. The van der Waals surface area contributed by atoms with Crippen molar-refractivity contribution < 1.29 is 4.79 Å². The van der Waals surface area contributed by atoms with E-state index in [-0.39, 0.29) is 17.5 Å². The van der Waals surface area contributed by atoms with Crippen molar-refractivity contribution in [1.82, 2.24) is 29.9 Å². The maximum absolute atomic E-state index is 13.0. The van der Waals surface area contributed by atoms with Gasteiger partial charge in [-0.2, -0.15) is 11.8 Å². The number of amides is 1. The summed E-state index contributed by atoms with van der Waals surface area (Å²) in [6.45, 7) is 1.77. The Morgan fingerprint density at radius 1 is 1.39 bits per heavy atom. The topological polar surface area (TPSA) is 105 Å². The van der Waals surface area contributed by atoms with Gasteiger partial charge >= 0.3 is 0 Å². The Hall–Kier alpha value is -2.72. The van der Waals surface area contributed by atoms with Crippen molar-refractivity contribution in [2.24, 2.45) is 0 Å². The van der Waals surface area contributed by atoms with Gasteiger partial charge in [0.2, 0.25) is 0 Å². The lowest BCUT2D eigenvalue weighted by Crippen LogP contribution is -2.30. The van der Waals surface area contributed by atoms with E-state index in [1.165, 1.54) is 17.7 Å². The molecule has 0 fully saturated rings. The molecule has 0 bridgehead atoms. The number of hydrogen-bond acceptors (Lipinski definition) is 7. The molecule has 0 saturated heterocycles. The first-order chi connectivity index (χ1) is 13.6. The van der Waals surface area contributed by atoms with Crippen molar-refractivity contribution in [3.8, 4) is 0 Å².